The number of hydrogen-bond acceptors (Lipinski definition) is 4. The van der Waals surface area contributed by atoms with Gasteiger partial charge in [-0.15, -0.1) is 0 Å². The smallest absolute Gasteiger partial charge is 0.225 e. The standard InChI is InChI=1S/C19H25N5O/c1-14-11-24-13-16(7-8-18(24)21-14)22-19(25)15-5-4-10-23(12-15)17-6-2-3-9-20-17/h2-3,6,9,11,15-16H,4-5,7-8,10,12-13H2,1H3,(H,22,25)/t15-,16-/m1/s1. The molecule has 0 unspecified atom stereocenters. The van der Waals surface area contributed by atoms with Crippen LogP contribution in [0.25, 0.3) is 0 Å². The Morgan fingerprint density at radius 3 is 3.04 bits per heavy atom. The maximum Gasteiger partial charge on any atom is 0.225 e. The highest BCUT2D eigenvalue weighted by molar-refractivity contribution is 5.79. The summed E-state index contributed by atoms with van der Waals surface area (Å²) in [5.74, 6) is 2.34. The van der Waals surface area contributed by atoms with Gasteiger partial charge in [0, 0.05) is 44.5 Å². The molecule has 25 heavy (non-hydrogen) atoms. The molecule has 0 radical (unpaired) electrons. The van der Waals surface area contributed by atoms with Crippen molar-refractivity contribution in [1.82, 2.24) is 19.9 Å². The first-order valence-electron chi connectivity index (χ1n) is 9.18. The van der Waals surface area contributed by atoms with Crippen molar-refractivity contribution in [2.24, 2.45) is 5.92 Å². The zero-order valence-corrected chi connectivity index (χ0v) is 14.7. The van der Waals surface area contributed by atoms with Gasteiger partial charge in [-0.2, -0.15) is 0 Å². The fourth-order valence-electron chi connectivity index (χ4n) is 3.96. The minimum absolute atomic E-state index is 0.0432. The quantitative estimate of drug-likeness (QED) is 0.928. The summed E-state index contributed by atoms with van der Waals surface area (Å²) in [6, 6.07) is 6.15. The molecule has 2 atom stereocenters. The average molecular weight is 339 g/mol. The molecule has 2 aliphatic heterocycles. The van der Waals surface area contributed by atoms with Gasteiger partial charge in [0.05, 0.1) is 11.6 Å². The van der Waals surface area contributed by atoms with E-state index in [1.807, 2.05) is 31.3 Å². The molecular formula is C19H25N5O. The molecule has 0 aliphatic carbocycles. The molecule has 0 spiro atoms. The maximum atomic E-state index is 12.8. The molecule has 132 valence electrons. The monoisotopic (exact) mass is 339 g/mol. The van der Waals surface area contributed by atoms with Gasteiger partial charge in [0.25, 0.3) is 0 Å². The highest BCUT2D eigenvalue weighted by atomic mass is 16.2. The van der Waals surface area contributed by atoms with Crippen LogP contribution in [0, 0.1) is 12.8 Å². The van der Waals surface area contributed by atoms with E-state index in [1.165, 1.54) is 0 Å². The molecule has 4 rings (SSSR count). The fraction of sp³-hybridized carbons (Fsp3) is 0.526. The third-order valence-electron chi connectivity index (χ3n) is 5.22. The minimum Gasteiger partial charge on any atom is -0.356 e. The summed E-state index contributed by atoms with van der Waals surface area (Å²) in [4.78, 5) is 24.0. The number of rotatable bonds is 3. The third kappa shape index (κ3) is 3.52. The molecule has 2 aromatic heterocycles. The number of aryl methyl sites for hydroxylation is 2. The van der Waals surface area contributed by atoms with Gasteiger partial charge in [-0.25, -0.2) is 9.97 Å². The van der Waals surface area contributed by atoms with Crippen molar-refractivity contribution >= 4 is 11.7 Å². The minimum atomic E-state index is 0.0432. The largest absolute Gasteiger partial charge is 0.356 e. The van der Waals surface area contributed by atoms with Crippen LogP contribution in [0.15, 0.2) is 30.6 Å². The Labute approximate surface area is 148 Å². The number of anilines is 1. The van der Waals surface area contributed by atoms with E-state index in [1.54, 1.807) is 0 Å². The molecule has 0 saturated carbocycles. The van der Waals surface area contributed by atoms with Crippen LogP contribution in [0.1, 0.15) is 30.8 Å². The molecule has 0 bridgehead atoms. The van der Waals surface area contributed by atoms with E-state index in [4.69, 9.17) is 0 Å². The summed E-state index contributed by atoms with van der Waals surface area (Å²) in [6.45, 7) is 4.58. The highest BCUT2D eigenvalue weighted by Gasteiger charge is 2.29. The summed E-state index contributed by atoms with van der Waals surface area (Å²) in [6.07, 6.45) is 7.78. The van der Waals surface area contributed by atoms with Crippen LogP contribution in [0.5, 0.6) is 0 Å². The number of nitrogens with one attached hydrogen (secondary N) is 1. The van der Waals surface area contributed by atoms with E-state index in [0.717, 1.165) is 62.7 Å². The molecule has 4 heterocycles. The van der Waals surface area contributed by atoms with E-state index < -0.39 is 0 Å². The van der Waals surface area contributed by atoms with E-state index in [-0.39, 0.29) is 17.9 Å². The number of imidazole rings is 1. The van der Waals surface area contributed by atoms with Gasteiger partial charge in [0.2, 0.25) is 5.91 Å². The van der Waals surface area contributed by atoms with Gasteiger partial charge < -0.3 is 14.8 Å². The lowest BCUT2D eigenvalue weighted by Crippen LogP contribution is -2.48. The van der Waals surface area contributed by atoms with Gasteiger partial charge in [0.1, 0.15) is 11.6 Å². The molecule has 6 heteroatoms. The van der Waals surface area contributed by atoms with Gasteiger partial charge in [0.15, 0.2) is 0 Å². The van der Waals surface area contributed by atoms with Crippen LogP contribution < -0.4 is 10.2 Å². The maximum absolute atomic E-state index is 12.8. The number of amides is 1. The molecule has 1 fully saturated rings. The summed E-state index contributed by atoms with van der Waals surface area (Å²) >= 11 is 0. The van der Waals surface area contributed by atoms with Crippen LogP contribution in [0.4, 0.5) is 5.82 Å². The first-order valence-corrected chi connectivity index (χ1v) is 9.18. The predicted molar refractivity (Wildman–Crippen MR) is 96.4 cm³/mol. The highest BCUT2D eigenvalue weighted by Crippen LogP contribution is 2.22. The first kappa shape index (κ1) is 16.1. The van der Waals surface area contributed by atoms with Gasteiger partial charge in [-0.05, 0) is 38.3 Å². The van der Waals surface area contributed by atoms with Crippen LogP contribution in [-0.4, -0.2) is 39.6 Å². The topological polar surface area (TPSA) is 63.1 Å². The lowest BCUT2D eigenvalue weighted by atomic mass is 9.96. The lowest BCUT2D eigenvalue weighted by molar-refractivity contribution is -0.126. The van der Waals surface area contributed by atoms with E-state index in [0.29, 0.717) is 0 Å². The summed E-state index contributed by atoms with van der Waals surface area (Å²) in [5.41, 5.74) is 1.06. The lowest BCUT2D eigenvalue weighted by Gasteiger charge is -2.34. The SMILES string of the molecule is Cc1cn2c(n1)CC[C@@H](NC(=O)[C@@H]1CCCN(c3ccccn3)C1)C2. The van der Waals surface area contributed by atoms with Crippen molar-refractivity contribution < 1.29 is 4.79 Å². The second-order valence-electron chi connectivity index (χ2n) is 7.17. The number of pyridine rings is 1. The number of nitrogens with zero attached hydrogens (tertiary/aromatic N) is 4. The number of fused-ring (bicyclic) bond motifs is 1. The molecular weight excluding hydrogens is 314 g/mol. The van der Waals surface area contributed by atoms with Crippen LogP contribution >= 0.6 is 0 Å². The number of aromatic nitrogens is 3. The zero-order valence-electron chi connectivity index (χ0n) is 14.7. The number of piperidine rings is 1. The Morgan fingerprint density at radius 1 is 1.28 bits per heavy atom. The molecule has 1 saturated heterocycles. The Hall–Kier alpha value is -2.37. The average Bonchev–Trinajstić information content (AvgIpc) is 3.02. The van der Waals surface area contributed by atoms with Crippen molar-refractivity contribution in [2.75, 3.05) is 18.0 Å². The van der Waals surface area contributed by atoms with E-state index >= 15 is 0 Å². The Kier molecular flexibility index (Phi) is 4.42. The second-order valence-corrected chi connectivity index (χ2v) is 7.17. The molecule has 6 nitrogen and oxygen atoms in total. The van der Waals surface area contributed by atoms with Crippen LogP contribution in [0.3, 0.4) is 0 Å². The summed E-state index contributed by atoms with van der Waals surface area (Å²) in [5, 5.41) is 3.28. The van der Waals surface area contributed by atoms with Gasteiger partial charge in [-0.3, -0.25) is 4.79 Å². The van der Waals surface area contributed by atoms with Crippen molar-refractivity contribution in [3.8, 4) is 0 Å². The molecule has 1 amide bonds. The van der Waals surface area contributed by atoms with Crippen LogP contribution in [-0.2, 0) is 17.8 Å². The molecule has 2 aromatic rings. The molecule has 0 aromatic carbocycles. The van der Waals surface area contributed by atoms with Crippen LogP contribution in [0.2, 0.25) is 0 Å². The normalized spacial score (nSPS) is 23.2. The molecule has 1 N–H and O–H groups in total. The Morgan fingerprint density at radius 2 is 2.20 bits per heavy atom. The Balaban J connectivity index is 1.36. The summed E-state index contributed by atoms with van der Waals surface area (Å²) in [7, 11) is 0. The first-order chi connectivity index (χ1) is 12.2. The number of carbonyl (C=O) groups is 1. The van der Waals surface area contributed by atoms with E-state index in [2.05, 4.69) is 30.9 Å². The second kappa shape index (κ2) is 6.86. The van der Waals surface area contributed by atoms with Crippen molar-refractivity contribution in [3.05, 3.63) is 42.1 Å². The molecule has 2 aliphatic rings. The Bertz CT molecular complexity index is 742. The van der Waals surface area contributed by atoms with Crippen molar-refractivity contribution in [2.45, 2.75) is 45.2 Å². The number of carbonyl (C=O) groups excluding carboxylic acids is 1. The van der Waals surface area contributed by atoms with Crippen molar-refractivity contribution in [3.63, 3.8) is 0 Å². The fourth-order valence-corrected chi connectivity index (χ4v) is 3.96. The zero-order chi connectivity index (χ0) is 17.2. The number of hydrogen-bond donors (Lipinski definition) is 1. The van der Waals surface area contributed by atoms with Gasteiger partial charge in [-0.1, -0.05) is 6.07 Å². The predicted octanol–water partition coefficient (Wildman–Crippen LogP) is 1.93. The summed E-state index contributed by atoms with van der Waals surface area (Å²) < 4.78 is 2.19. The van der Waals surface area contributed by atoms with Gasteiger partial charge >= 0.3 is 0 Å². The van der Waals surface area contributed by atoms with E-state index in [9.17, 15) is 4.79 Å². The third-order valence-corrected chi connectivity index (χ3v) is 5.22. The van der Waals surface area contributed by atoms with Crippen molar-refractivity contribution in [1.29, 1.82) is 0 Å².